The van der Waals surface area contributed by atoms with Crippen LogP contribution in [0.3, 0.4) is 0 Å². The average Bonchev–Trinajstić information content (AvgIpc) is 2.66. The summed E-state index contributed by atoms with van der Waals surface area (Å²) in [7, 11) is -0.714. The molecule has 0 bridgehead atoms. The summed E-state index contributed by atoms with van der Waals surface area (Å²) in [6, 6.07) is 6.89. The summed E-state index contributed by atoms with van der Waals surface area (Å²) >= 11 is 0. The van der Waals surface area contributed by atoms with Gasteiger partial charge in [0.2, 0.25) is 0 Å². The minimum absolute atomic E-state index is 0.205. The normalized spacial score (nSPS) is 16.1. The van der Waals surface area contributed by atoms with E-state index in [1.807, 2.05) is 12.1 Å². The molecule has 154 valence electrons. The van der Waals surface area contributed by atoms with Crippen molar-refractivity contribution in [1.29, 1.82) is 0 Å². The summed E-state index contributed by atoms with van der Waals surface area (Å²) < 4.78 is 16.3. The predicted molar refractivity (Wildman–Crippen MR) is 113 cm³/mol. The van der Waals surface area contributed by atoms with E-state index in [9.17, 15) is 13.8 Å². The third-order valence-electron chi connectivity index (χ3n) is 4.58. The highest BCUT2D eigenvalue weighted by molar-refractivity contribution is 7.85. The number of urea groups is 1. The highest BCUT2D eigenvalue weighted by atomic mass is 32.2. The van der Waals surface area contributed by atoms with Gasteiger partial charge in [0.15, 0.2) is 0 Å². The molecule has 1 aromatic rings. The van der Waals surface area contributed by atoms with Gasteiger partial charge in [-0.2, -0.15) is 0 Å². The van der Waals surface area contributed by atoms with Crippen molar-refractivity contribution in [2.45, 2.75) is 26.3 Å². The van der Waals surface area contributed by atoms with Crippen molar-refractivity contribution in [3.05, 3.63) is 35.9 Å². The van der Waals surface area contributed by atoms with Gasteiger partial charge in [-0.25, -0.2) is 9.59 Å². The van der Waals surface area contributed by atoms with E-state index in [1.54, 1.807) is 25.1 Å². The van der Waals surface area contributed by atoms with Gasteiger partial charge in [0.05, 0.1) is 6.61 Å². The highest BCUT2D eigenvalue weighted by Gasteiger charge is 2.29. The van der Waals surface area contributed by atoms with Crippen LogP contribution in [0.15, 0.2) is 30.3 Å². The molecule has 1 aliphatic heterocycles. The Morgan fingerprint density at radius 2 is 1.86 bits per heavy atom. The van der Waals surface area contributed by atoms with Crippen molar-refractivity contribution in [2.75, 3.05) is 43.1 Å². The van der Waals surface area contributed by atoms with Crippen molar-refractivity contribution in [2.24, 2.45) is 0 Å². The summed E-state index contributed by atoms with van der Waals surface area (Å²) in [4.78, 5) is 25.8. The number of esters is 1. The van der Waals surface area contributed by atoms with Gasteiger partial charge in [0, 0.05) is 59.2 Å². The molecule has 28 heavy (non-hydrogen) atoms. The summed E-state index contributed by atoms with van der Waals surface area (Å²) in [6.07, 6.45) is 3.03. The maximum Gasteiger partial charge on any atom is 0.330 e. The minimum Gasteiger partial charge on any atom is -0.463 e. The molecule has 1 saturated heterocycles. The number of rotatable bonds is 7. The fourth-order valence-electron chi connectivity index (χ4n) is 2.86. The molecule has 2 N–H and O–H groups in total. The molecule has 1 heterocycles. The van der Waals surface area contributed by atoms with E-state index in [0.717, 1.165) is 18.7 Å². The molecule has 0 atom stereocenters. The summed E-state index contributed by atoms with van der Waals surface area (Å²) in [6.45, 7) is 8.31. The van der Waals surface area contributed by atoms with E-state index < -0.39 is 10.8 Å². The third-order valence-corrected chi connectivity index (χ3v) is 5.86. The van der Waals surface area contributed by atoms with Gasteiger partial charge in [-0.15, -0.1) is 0 Å². The van der Waals surface area contributed by atoms with E-state index in [-0.39, 0.29) is 17.5 Å². The monoisotopic (exact) mass is 407 g/mol. The second-order valence-electron chi connectivity index (χ2n) is 7.16. The molecule has 0 saturated carbocycles. The smallest absolute Gasteiger partial charge is 0.330 e. The number of carbonyl (C=O) groups excluding carboxylic acids is 2. The van der Waals surface area contributed by atoms with Crippen LogP contribution in [0.4, 0.5) is 10.5 Å². The highest BCUT2D eigenvalue weighted by Crippen LogP contribution is 2.16. The summed E-state index contributed by atoms with van der Waals surface area (Å²) in [5.41, 5.74) is 1.29. The first-order valence-corrected chi connectivity index (χ1v) is 10.9. The lowest BCUT2D eigenvalue weighted by molar-refractivity contribution is -0.137. The molecule has 2 amide bonds. The largest absolute Gasteiger partial charge is 0.463 e. The van der Waals surface area contributed by atoms with Crippen LogP contribution in [0, 0.1) is 0 Å². The van der Waals surface area contributed by atoms with Crippen molar-refractivity contribution in [3.8, 4) is 0 Å². The Bertz CT molecular complexity index is 721. The molecule has 8 heteroatoms. The van der Waals surface area contributed by atoms with Gasteiger partial charge >= 0.3 is 12.0 Å². The minimum atomic E-state index is -0.714. The number of ether oxygens (including phenoxy) is 1. The van der Waals surface area contributed by atoms with Crippen LogP contribution in [0.1, 0.15) is 26.3 Å². The lowest BCUT2D eigenvalue weighted by Gasteiger charge is -2.40. The lowest BCUT2D eigenvalue weighted by atomic mass is 10.0. The molecule has 0 radical (unpaired) electrons. The Kier molecular flexibility index (Phi) is 8.19. The van der Waals surface area contributed by atoms with Crippen LogP contribution in [0.5, 0.6) is 0 Å². The van der Waals surface area contributed by atoms with E-state index in [2.05, 4.69) is 29.4 Å². The number of hydrogen-bond donors (Lipinski definition) is 2. The Balaban J connectivity index is 1.81. The van der Waals surface area contributed by atoms with E-state index >= 15 is 0 Å². The molecule has 1 fully saturated rings. The topological polar surface area (TPSA) is 87.7 Å². The van der Waals surface area contributed by atoms with E-state index in [1.165, 1.54) is 6.08 Å². The van der Waals surface area contributed by atoms with Crippen molar-refractivity contribution in [1.82, 2.24) is 10.2 Å². The van der Waals surface area contributed by atoms with Gasteiger partial charge in [0.1, 0.15) is 0 Å². The van der Waals surface area contributed by atoms with Crippen LogP contribution in [-0.2, 0) is 20.3 Å². The molecular formula is C20H29N3O4S. The molecule has 1 aliphatic rings. The first kappa shape index (κ1) is 22.1. The van der Waals surface area contributed by atoms with Crippen LogP contribution in [-0.4, -0.2) is 64.4 Å². The molecule has 2 rings (SSSR count). The Hall–Kier alpha value is -2.19. The third kappa shape index (κ3) is 7.09. The molecule has 0 spiro atoms. The first-order valence-electron chi connectivity index (χ1n) is 9.40. The van der Waals surface area contributed by atoms with Gasteiger partial charge < -0.3 is 15.4 Å². The zero-order chi connectivity index (χ0) is 20.6. The van der Waals surface area contributed by atoms with Crippen LogP contribution in [0.2, 0.25) is 0 Å². The molecular weight excluding hydrogens is 378 g/mol. The summed E-state index contributed by atoms with van der Waals surface area (Å²) in [5.74, 6) is 0.991. The quantitative estimate of drug-likeness (QED) is 0.535. The van der Waals surface area contributed by atoms with Crippen LogP contribution in [0.25, 0.3) is 6.08 Å². The molecule has 1 aromatic carbocycles. The van der Waals surface area contributed by atoms with Gasteiger partial charge in [-0.3, -0.25) is 9.11 Å². The predicted octanol–water partition coefficient (Wildman–Crippen LogP) is 2.23. The number of carbonyl (C=O) groups is 2. The first-order chi connectivity index (χ1) is 13.3. The second-order valence-corrected chi connectivity index (χ2v) is 8.86. The fourth-order valence-corrected chi connectivity index (χ4v) is 3.91. The standard InChI is InChI=1S/C20H29N3O4S/c1-4-27-18(24)10-7-16-5-8-17(9-6-16)22-19(25)21-15-20(2,3)23-11-13-28(26)14-12-23/h5-10H,4,11-15H2,1-3H3,(H2,21,22,25)/b10-7-. The number of nitrogens with zero attached hydrogens (tertiary/aromatic N) is 1. The molecule has 0 aromatic heterocycles. The van der Waals surface area contributed by atoms with Crippen molar-refractivity contribution in [3.63, 3.8) is 0 Å². The Labute approximate surface area is 169 Å². The second kappa shape index (κ2) is 10.4. The Morgan fingerprint density at radius 1 is 1.21 bits per heavy atom. The summed E-state index contributed by atoms with van der Waals surface area (Å²) in [5, 5.41) is 5.71. The van der Waals surface area contributed by atoms with E-state index in [0.29, 0.717) is 30.3 Å². The Morgan fingerprint density at radius 3 is 2.46 bits per heavy atom. The number of hydrogen-bond acceptors (Lipinski definition) is 5. The number of anilines is 1. The fraction of sp³-hybridized carbons (Fsp3) is 0.500. The average molecular weight is 408 g/mol. The SMILES string of the molecule is CCOC(=O)/C=C\c1ccc(NC(=O)NCC(C)(C)N2CCS(=O)CC2)cc1. The maximum atomic E-state index is 12.2. The maximum absolute atomic E-state index is 12.2. The van der Waals surface area contributed by atoms with Crippen LogP contribution >= 0.6 is 0 Å². The van der Waals surface area contributed by atoms with Crippen molar-refractivity contribution >= 4 is 34.6 Å². The molecule has 7 nitrogen and oxygen atoms in total. The van der Waals surface area contributed by atoms with Gasteiger partial charge in [-0.05, 0) is 44.5 Å². The molecule has 0 aliphatic carbocycles. The van der Waals surface area contributed by atoms with Gasteiger partial charge in [0.25, 0.3) is 0 Å². The van der Waals surface area contributed by atoms with Gasteiger partial charge in [-0.1, -0.05) is 12.1 Å². The van der Waals surface area contributed by atoms with E-state index in [4.69, 9.17) is 4.74 Å². The number of nitrogens with one attached hydrogen (secondary N) is 2. The zero-order valence-electron chi connectivity index (χ0n) is 16.7. The number of benzene rings is 1. The number of amides is 2. The zero-order valence-corrected chi connectivity index (χ0v) is 17.5. The molecule has 0 unspecified atom stereocenters. The lowest BCUT2D eigenvalue weighted by Crippen LogP contribution is -2.56. The van der Waals surface area contributed by atoms with Crippen molar-refractivity contribution < 1.29 is 18.5 Å². The van der Waals surface area contributed by atoms with Crippen LogP contribution < -0.4 is 10.6 Å².